The van der Waals surface area contributed by atoms with Crippen molar-refractivity contribution in [1.29, 1.82) is 0 Å². The predicted octanol–water partition coefficient (Wildman–Crippen LogP) is 2.51. The molecule has 0 spiro atoms. The highest BCUT2D eigenvalue weighted by atomic mass is 16.5. The fourth-order valence-electron chi connectivity index (χ4n) is 2.71. The first-order valence-corrected chi connectivity index (χ1v) is 7.52. The second-order valence-corrected chi connectivity index (χ2v) is 6.41. The molecule has 1 aliphatic heterocycles. The summed E-state index contributed by atoms with van der Waals surface area (Å²) in [7, 11) is 1.79. The molecule has 0 aromatic carbocycles. The third-order valence-electron chi connectivity index (χ3n) is 3.91. The van der Waals surface area contributed by atoms with Crippen molar-refractivity contribution in [2.24, 2.45) is 5.41 Å². The fourth-order valence-corrected chi connectivity index (χ4v) is 2.71. The monoisotopic (exact) mass is 256 g/mol. The number of hydrogen-bond donors (Lipinski definition) is 1. The Labute approximate surface area is 113 Å². The van der Waals surface area contributed by atoms with Crippen LogP contribution >= 0.6 is 0 Å². The van der Waals surface area contributed by atoms with Crippen LogP contribution in [0.3, 0.4) is 0 Å². The minimum Gasteiger partial charge on any atom is -0.385 e. The first-order chi connectivity index (χ1) is 8.57. The Hall–Kier alpha value is -0.120. The molecule has 0 atom stereocenters. The Morgan fingerprint density at radius 2 is 1.94 bits per heavy atom. The Balaban J connectivity index is 2.22. The predicted molar refractivity (Wildman–Crippen MR) is 78.0 cm³/mol. The van der Waals surface area contributed by atoms with Crippen LogP contribution in [-0.2, 0) is 4.74 Å². The fraction of sp³-hybridized carbons (Fsp3) is 1.00. The molecule has 108 valence electrons. The van der Waals surface area contributed by atoms with Gasteiger partial charge in [-0.3, -0.25) is 0 Å². The van der Waals surface area contributed by atoms with Crippen molar-refractivity contribution in [2.75, 3.05) is 39.9 Å². The van der Waals surface area contributed by atoms with E-state index < -0.39 is 0 Å². The van der Waals surface area contributed by atoms with E-state index in [9.17, 15) is 0 Å². The molecule has 1 aliphatic rings. The molecule has 0 saturated carbocycles. The van der Waals surface area contributed by atoms with E-state index in [1.807, 2.05) is 0 Å². The summed E-state index contributed by atoms with van der Waals surface area (Å²) in [6.07, 6.45) is 5.00. The Kier molecular flexibility index (Phi) is 7.20. The van der Waals surface area contributed by atoms with Crippen LogP contribution in [0.5, 0.6) is 0 Å². The van der Waals surface area contributed by atoms with Crippen molar-refractivity contribution in [2.45, 2.75) is 52.5 Å². The van der Waals surface area contributed by atoms with Gasteiger partial charge in [-0.1, -0.05) is 20.8 Å². The van der Waals surface area contributed by atoms with E-state index in [2.05, 4.69) is 31.0 Å². The maximum Gasteiger partial charge on any atom is 0.0467 e. The smallest absolute Gasteiger partial charge is 0.0467 e. The van der Waals surface area contributed by atoms with Gasteiger partial charge in [-0.25, -0.2) is 0 Å². The van der Waals surface area contributed by atoms with Gasteiger partial charge in [0.05, 0.1) is 0 Å². The maximum absolute atomic E-state index is 5.20. The van der Waals surface area contributed by atoms with Gasteiger partial charge in [0.1, 0.15) is 0 Å². The molecule has 1 heterocycles. The summed E-state index contributed by atoms with van der Waals surface area (Å²) < 4.78 is 5.20. The van der Waals surface area contributed by atoms with Crippen molar-refractivity contribution in [3.8, 4) is 0 Å². The van der Waals surface area contributed by atoms with E-state index >= 15 is 0 Å². The summed E-state index contributed by atoms with van der Waals surface area (Å²) in [6, 6.07) is 0.753. The minimum atomic E-state index is 0.375. The molecule has 0 radical (unpaired) electrons. The molecule has 0 amide bonds. The lowest BCUT2D eigenvalue weighted by atomic mass is 9.88. The Morgan fingerprint density at radius 3 is 2.50 bits per heavy atom. The quantitative estimate of drug-likeness (QED) is 0.722. The number of rotatable bonds is 8. The van der Waals surface area contributed by atoms with Crippen LogP contribution in [0.15, 0.2) is 0 Å². The summed E-state index contributed by atoms with van der Waals surface area (Å²) in [6.45, 7) is 12.7. The second-order valence-electron chi connectivity index (χ2n) is 6.41. The van der Waals surface area contributed by atoms with Crippen molar-refractivity contribution in [1.82, 2.24) is 10.2 Å². The highest BCUT2D eigenvalue weighted by molar-refractivity contribution is 4.81. The molecular weight excluding hydrogens is 224 g/mol. The third kappa shape index (κ3) is 6.17. The van der Waals surface area contributed by atoms with E-state index in [0.29, 0.717) is 5.41 Å². The van der Waals surface area contributed by atoms with E-state index in [1.54, 1.807) is 7.11 Å². The molecule has 1 fully saturated rings. The van der Waals surface area contributed by atoms with Crippen molar-refractivity contribution < 1.29 is 4.74 Å². The van der Waals surface area contributed by atoms with E-state index in [0.717, 1.165) is 19.1 Å². The van der Waals surface area contributed by atoms with Gasteiger partial charge >= 0.3 is 0 Å². The number of nitrogens with one attached hydrogen (secondary N) is 1. The first kappa shape index (κ1) is 15.9. The molecule has 3 nitrogen and oxygen atoms in total. The average Bonchev–Trinajstić information content (AvgIpc) is 2.35. The topological polar surface area (TPSA) is 24.5 Å². The lowest BCUT2D eigenvalue weighted by Crippen LogP contribution is -2.45. The Morgan fingerprint density at radius 1 is 1.28 bits per heavy atom. The van der Waals surface area contributed by atoms with E-state index in [1.165, 1.54) is 45.4 Å². The molecule has 0 aromatic rings. The summed E-state index contributed by atoms with van der Waals surface area (Å²) >= 11 is 0. The van der Waals surface area contributed by atoms with Gasteiger partial charge in [-0.05, 0) is 50.7 Å². The van der Waals surface area contributed by atoms with Crippen LogP contribution in [0.4, 0.5) is 0 Å². The van der Waals surface area contributed by atoms with Crippen molar-refractivity contribution >= 4 is 0 Å². The first-order valence-electron chi connectivity index (χ1n) is 7.52. The average molecular weight is 256 g/mol. The number of likely N-dealkylation sites (tertiary alicyclic amines) is 1. The molecule has 1 rings (SSSR count). The van der Waals surface area contributed by atoms with Crippen LogP contribution in [0.2, 0.25) is 0 Å². The summed E-state index contributed by atoms with van der Waals surface area (Å²) in [5.74, 6) is 0. The summed E-state index contributed by atoms with van der Waals surface area (Å²) in [5.41, 5.74) is 0.375. The number of nitrogens with zero attached hydrogens (tertiary/aromatic N) is 1. The van der Waals surface area contributed by atoms with Gasteiger partial charge in [0.2, 0.25) is 0 Å². The van der Waals surface area contributed by atoms with E-state index in [-0.39, 0.29) is 0 Å². The van der Waals surface area contributed by atoms with Gasteiger partial charge < -0.3 is 15.0 Å². The largest absolute Gasteiger partial charge is 0.385 e. The lowest BCUT2D eigenvalue weighted by Gasteiger charge is -2.37. The molecule has 1 saturated heterocycles. The zero-order valence-corrected chi connectivity index (χ0v) is 12.8. The minimum absolute atomic E-state index is 0.375. The van der Waals surface area contributed by atoms with Crippen LogP contribution in [-0.4, -0.2) is 50.8 Å². The summed E-state index contributed by atoms with van der Waals surface area (Å²) in [4.78, 5) is 2.62. The Bertz CT molecular complexity index is 211. The SMILES string of the molecule is CCCNC1CCN(CC(C)(C)CCOC)CC1. The van der Waals surface area contributed by atoms with Crippen LogP contribution in [0.25, 0.3) is 0 Å². The number of piperidine rings is 1. The molecule has 3 heteroatoms. The molecule has 0 aliphatic carbocycles. The zero-order valence-electron chi connectivity index (χ0n) is 12.8. The molecule has 18 heavy (non-hydrogen) atoms. The molecule has 0 unspecified atom stereocenters. The van der Waals surface area contributed by atoms with Crippen LogP contribution < -0.4 is 5.32 Å². The third-order valence-corrected chi connectivity index (χ3v) is 3.91. The van der Waals surface area contributed by atoms with Gasteiger partial charge in [-0.15, -0.1) is 0 Å². The lowest BCUT2D eigenvalue weighted by molar-refractivity contribution is 0.0995. The maximum atomic E-state index is 5.20. The highest BCUT2D eigenvalue weighted by Gasteiger charge is 2.25. The standard InChI is InChI=1S/C15H32N2O/c1-5-9-16-14-6-10-17(11-7-14)13-15(2,3)8-12-18-4/h14,16H,5-13H2,1-4H3. The van der Waals surface area contributed by atoms with Crippen molar-refractivity contribution in [3.05, 3.63) is 0 Å². The highest BCUT2D eigenvalue weighted by Crippen LogP contribution is 2.23. The molecule has 1 N–H and O–H groups in total. The van der Waals surface area contributed by atoms with Crippen molar-refractivity contribution in [3.63, 3.8) is 0 Å². The van der Waals surface area contributed by atoms with Gasteiger partial charge in [0.15, 0.2) is 0 Å². The number of methoxy groups -OCH3 is 1. The number of hydrogen-bond acceptors (Lipinski definition) is 3. The van der Waals surface area contributed by atoms with Crippen LogP contribution in [0, 0.1) is 5.41 Å². The van der Waals surface area contributed by atoms with Gasteiger partial charge in [0.25, 0.3) is 0 Å². The number of ether oxygens (including phenoxy) is 1. The molecule has 0 aromatic heterocycles. The van der Waals surface area contributed by atoms with Gasteiger partial charge in [0, 0.05) is 26.3 Å². The van der Waals surface area contributed by atoms with Crippen LogP contribution in [0.1, 0.15) is 46.5 Å². The summed E-state index contributed by atoms with van der Waals surface area (Å²) in [5, 5.41) is 3.64. The zero-order chi connectivity index (χ0) is 13.4. The normalized spacial score (nSPS) is 19.3. The van der Waals surface area contributed by atoms with E-state index in [4.69, 9.17) is 4.74 Å². The molecular formula is C15H32N2O. The molecule has 0 bridgehead atoms. The van der Waals surface area contributed by atoms with Gasteiger partial charge in [-0.2, -0.15) is 0 Å². The second kappa shape index (κ2) is 8.13.